The van der Waals surface area contributed by atoms with Crippen LogP contribution in [0.25, 0.3) is 0 Å². The van der Waals surface area contributed by atoms with E-state index in [2.05, 4.69) is 29.6 Å². The van der Waals surface area contributed by atoms with Gasteiger partial charge >= 0.3 is 0 Å². The molecule has 2 atom stereocenters. The van der Waals surface area contributed by atoms with Gasteiger partial charge in [-0.05, 0) is 62.1 Å². The molecule has 1 saturated heterocycles. The van der Waals surface area contributed by atoms with Gasteiger partial charge in [-0.3, -0.25) is 0 Å². The molecule has 3 rings (SSSR count). The van der Waals surface area contributed by atoms with Gasteiger partial charge in [-0.2, -0.15) is 0 Å². The molecule has 1 nitrogen and oxygen atoms in total. The van der Waals surface area contributed by atoms with Crippen molar-refractivity contribution >= 4 is 0 Å². The summed E-state index contributed by atoms with van der Waals surface area (Å²) >= 11 is 0. The number of hydrogen-bond acceptors (Lipinski definition) is 1. The largest absolute Gasteiger partial charge is 0.314 e. The Kier molecular flexibility index (Phi) is 2.96. The Hall–Kier alpha value is -0.820. The number of rotatable bonds is 2. The van der Waals surface area contributed by atoms with Crippen molar-refractivity contribution in [2.45, 2.75) is 44.6 Å². The van der Waals surface area contributed by atoms with E-state index in [1.807, 2.05) is 0 Å². The van der Waals surface area contributed by atoms with E-state index in [0.717, 1.165) is 12.0 Å². The fourth-order valence-corrected chi connectivity index (χ4v) is 3.33. The molecule has 2 unspecified atom stereocenters. The van der Waals surface area contributed by atoms with E-state index in [-0.39, 0.29) is 0 Å². The molecule has 1 N–H and O–H groups in total. The zero-order chi connectivity index (χ0) is 10.8. The van der Waals surface area contributed by atoms with Crippen LogP contribution in [0.3, 0.4) is 0 Å². The van der Waals surface area contributed by atoms with Gasteiger partial charge in [-0.25, -0.2) is 0 Å². The van der Waals surface area contributed by atoms with E-state index in [1.54, 1.807) is 11.1 Å². The minimum Gasteiger partial charge on any atom is -0.314 e. The van der Waals surface area contributed by atoms with E-state index in [9.17, 15) is 0 Å². The highest BCUT2D eigenvalue weighted by molar-refractivity contribution is 5.29. The van der Waals surface area contributed by atoms with Gasteiger partial charge < -0.3 is 5.32 Å². The Morgan fingerprint density at radius 3 is 2.81 bits per heavy atom. The number of fused-ring (bicyclic) bond motifs is 1. The second-order valence-electron chi connectivity index (χ2n) is 5.41. The van der Waals surface area contributed by atoms with E-state index in [1.165, 1.54) is 45.1 Å². The Bertz CT molecular complexity index is 352. The Labute approximate surface area is 98.3 Å². The predicted molar refractivity (Wildman–Crippen MR) is 67.6 cm³/mol. The summed E-state index contributed by atoms with van der Waals surface area (Å²) in [6.07, 6.45) is 8.19. The molecule has 0 bridgehead atoms. The van der Waals surface area contributed by atoms with Gasteiger partial charge in [0.05, 0.1) is 0 Å². The summed E-state index contributed by atoms with van der Waals surface area (Å²) in [5.74, 6) is 0.922. The molecule has 0 spiro atoms. The maximum Gasteiger partial charge on any atom is 0.00702 e. The van der Waals surface area contributed by atoms with Gasteiger partial charge in [0, 0.05) is 6.04 Å². The molecular weight excluding hydrogens is 194 g/mol. The van der Waals surface area contributed by atoms with Gasteiger partial charge in [0.1, 0.15) is 0 Å². The highest BCUT2D eigenvalue weighted by Crippen LogP contribution is 2.29. The molecule has 1 heterocycles. The fourth-order valence-electron chi connectivity index (χ4n) is 3.33. The zero-order valence-electron chi connectivity index (χ0n) is 9.91. The molecular formula is C15H21N. The van der Waals surface area contributed by atoms with Crippen LogP contribution in [-0.2, 0) is 12.8 Å². The van der Waals surface area contributed by atoms with Crippen molar-refractivity contribution in [1.29, 1.82) is 0 Å². The number of nitrogens with one attached hydrogen (secondary N) is 1. The first kappa shape index (κ1) is 10.3. The topological polar surface area (TPSA) is 12.0 Å². The molecule has 1 aliphatic carbocycles. The zero-order valence-corrected chi connectivity index (χ0v) is 9.91. The molecule has 1 aliphatic heterocycles. The van der Waals surface area contributed by atoms with Gasteiger partial charge in [0.2, 0.25) is 0 Å². The lowest BCUT2D eigenvalue weighted by Gasteiger charge is -2.26. The first-order valence-electron chi connectivity index (χ1n) is 6.72. The lowest BCUT2D eigenvalue weighted by atomic mass is 9.80. The minimum absolute atomic E-state index is 0.815. The maximum absolute atomic E-state index is 3.63. The third kappa shape index (κ3) is 2.15. The van der Waals surface area contributed by atoms with Crippen molar-refractivity contribution in [2.75, 3.05) is 6.54 Å². The standard InChI is InChI=1S/C15H21N/c1-2-5-14-10-12(7-8-13(14)4-1)11-15-6-3-9-16-15/h1-2,4-5,12,15-16H,3,6-11H2. The van der Waals surface area contributed by atoms with Crippen LogP contribution in [0.4, 0.5) is 0 Å². The summed E-state index contributed by atoms with van der Waals surface area (Å²) in [6, 6.07) is 9.81. The summed E-state index contributed by atoms with van der Waals surface area (Å²) in [5, 5.41) is 3.63. The molecule has 16 heavy (non-hydrogen) atoms. The van der Waals surface area contributed by atoms with E-state index < -0.39 is 0 Å². The summed E-state index contributed by atoms with van der Waals surface area (Å²) in [4.78, 5) is 0. The number of benzene rings is 1. The van der Waals surface area contributed by atoms with Crippen LogP contribution < -0.4 is 5.32 Å². The molecule has 2 aliphatic rings. The van der Waals surface area contributed by atoms with Crippen LogP contribution in [0.1, 0.15) is 36.8 Å². The van der Waals surface area contributed by atoms with E-state index >= 15 is 0 Å². The highest BCUT2D eigenvalue weighted by atomic mass is 14.9. The smallest absolute Gasteiger partial charge is 0.00702 e. The average molecular weight is 215 g/mol. The van der Waals surface area contributed by atoms with Crippen molar-refractivity contribution in [3.63, 3.8) is 0 Å². The van der Waals surface area contributed by atoms with Gasteiger partial charge in [0.25, 0.3) is 0 Å². The lowest BCUT2D eigenvalue weighted by Crippen LogP contribution is -2.27. The van der Waals surface area contributed by atoms with Crippen LogP contribution in [0, 0.1) is 5.92 Å². The quantitative estimate of drug-likeness (QED) is 0.800. The molecule has 0 saturated carbocycles. The molecule has 0 amide bonds. The SMILES string of the molecule is c1ccc2c(c1)CCC(CC1CCCN1)C2. The molecule has 1 aromatic carbocycles. The second kappa shape index (κ2) is 4.58. The molecule has 1 aromatic rings. The highest BCUT2D eigenvalue weighted by Gasteiger charge is 2.23. The van der Waals surface area contributed by atoms with Crippen LogP contribution in [-0.4, -0.2) is 12.6 Å². The van der Waals surface area contributed by atoms with Crippen LogP contribution >= 0.6 is 0 Å². The Balaban J connectivity index is 1.63. The van der Waals surface area contributed by atoms with E-state index in [0.29, 0.717) is 0 Å². The second-order valence-corrected chi connectivity index (χ2v) is 5.41. The molecule has 0 radical (unpaired) electrons. The normalized spacial score (nSPS) is 29.0. The van der Waals surface area contributed by atoms with Crippen molar-refractivity contribution in [3.8, 4) is 0 Å². The van der Waals surface area contributed by atoms with Crippen molar-refractivity contribution in [2.24, 2.45) is 5.92 Å². The summed E-state index contributed by atoms with van der Waals surface area (Å²) in [6.45, 7) is 1.24. The Morgan fingerprint density at radius 2 is 2.00 bits per heavy atom. The van der Waals surface area contributed by atoms with Crippen molar-refractivity contribution in [1.82, 2.24) is 5.32 Å². The van der Waals surface area contributed by atoms with E-state index in [4.69, 9.17) is 0 Å². The minimum atomic E-state index is 0.815. The van der Waals surface area contributed by atoms with Crippen LogP contribution in [0.2, 0.25) is 0 Å². The van der Waals surface area contributed by atoms with Crippen LogP contribution in [0.5, 0.6) is 0 Å². The van der Waals surface area contributed by atoms with Crippen LogP contribution in [0.15, 0.2) is 24.3 Å². The molecule has 1 heteroatoms. The fraction of sp³-hybridized carbons (Fsp3) is 0.600. The van der Waals surface area contributed by atoms with Crippen molar-refractivity contribution < 1.29 is 0 Å². The first-order chi connectivity index (χ1) is 7.92. The third-order valence-electron chi connectivity index (χ3n) is 4.23. The third-order valence-corrected chi connectivity index (χ3v) is 4.23. The first-order valence-corrected chi connectivity index (χ1v) is 6.72. The average Bonchev–Trinajstić information content (AvgIpc) is 2.82. The molecule has 86 valence electrons. The summed E-state index contributed by atoms with van der Waals surface area (Å²) in [7, 11) is 0. The number of aryl methyl sites for hydroxylation is 1. The van der Waals surface area contributed by atoms with Gasteiger partial charge in [-0.1, -0.05) is 24.3 Å². The van der Waals surface area contributed by atoms with Gasteiger partial charge in [-0.15, -0.1) is 0 Å². The van der Waals surface area contributed by atoms with Crippen molar-refractivity contribution in [3.05, 3.63) is 35.4 Å². The summed E-state index contributed by atoms with van der Waals surface area (Å²) < 4.78 is 0. The molecule has 0 aromatic heterocycles. The number of hydrogen-bond donors (Lipinski definition) is 1. The monoisotopic (exact) mass is 215 g/mol. The Morgan fingerprint density at radius 1 is 1.12 bits per heavy atom. The maximum atomic E-state index is 3.63. The predicted octanol–water partition coefficient (Wildman–Crippen LogP) is 2.93. The molecule has 1 fully saturated rings. The summed E-state index contributed by atoms with van der Waals surface area (Å²) in [5.41, 5.74) is 3.20. The lowest BCUT2D eigenvalue weighted by molar-refractivity contribution is 0.372. The van der Waals surface area contributed by atoms with Gasteiger partial charge in [0.15, 0.2) is 0 Å².